The predicted molar refractivity (Wildman–Crippen MR) is 169 cm³/mol. The summed E-state index contributed by atoms with van der Waals surface area (Å²) in [4.78, 5) is 0. The zero-order chi connectivity index (χ0) is 26.0. The van der Waals surface area contributed by atoms with Crippen LogP contribution in [0.5, 0.6) is 0 Å². The molecule has 0 spiro atoms. The van der Waals surface area contributed by atoms with Crippen LogP contribution in [0.25, 0.3) is 0 Å². The van der Waals surface area contributed by atoms with Crippen LogP contribution in [0.15, 0.2) is 0 Å². The van der Waals surface area contributed by atoms with Crippen molar-refractivity contribution in [2.24, 2.45) is 0 Å². The molecule has 0 unspecified atom stereocenters. The molecule has 0 aliphatic heterocycles. The quantitative estimate of drug-likeness (QED) is 0.124. The van der Waals surface area contributed by atoms with E-state index in [9.17, 15) is 0 Å². The van der Waals surface area contributed by atoms with Crippen molar-refractivity contribution in [1.29, 1.82) is 0 Å². The first-order chi connectivity index (χ1) is 16.5. The number of rotatable bonds is 24. The van der Waals surface area contributed by atoms with Gasteiger partial charge in [-0.25, -0.2) is 0 Å². The molecule has 0 aromatic rings. The molecule has 0 aromatic heterocycles. The first kappa shape index (κ1) is 44.3. The van der Waals surface area contributed by atoms with E-state index < -0.39 is 0 Å². The molecule has 0 N–H and O–H groups in total. The second-order valence-corrected chi connectivity index (χ2v) is 12.6. The molecule has 208 valence electrons. The van der Waals surface area contributed by atoms with E-state index in [1.165, 1.54) is 103 Å². The van der Waals surface area contributed by atoms with Gasteiger partial charge in [0, 0.05) is 12.3 Å². The van der Waals surface area contributed by atoms with E-state index in [2.05, 4.69) is 55.4 Å². The Labute approximate surface area is 257 Å². The molecule has 0 fully saturated rings. The summed E-state index contributed by atoms with van der Waals surface area (Å²) in [6, 6.07) is 0. The van der Waals surface area contributed by atoms with E-state index in [1.807, 2.05) is 0 Å². The third-order valence-corrected chi connectivity index (χ3v) is 9.36. The van der Waals surface area contributed by atoms with Gasteiger partial charge in [0.1, 0.15) is 0 Å². The molecular formula is C32H72B2Li2. The molecule has 0 aliphatic carbocycles. The fourth-order valence-corrected chi connectivity index (χ4v) is 6.83. The average Bonchev–Trinajstić information content (AvgIpc) is 2.87. The molecule has 0 amide bonds. The van der Waals surface area contributed by atoms with Crippen molar-refractivity contribution < 1.29 is 37.7 Å². The van der Waals surface area contributed by atoms with Crippen molar-refractivity contribution in [3.05, 3.63) is 0 Å². The van der Waals surface area contributed by atoms with E-state index in [-0.39, 0.29) is 50.0 Å². The van der Waals surface area contributed by atoms with Gasteiger partial charge < -0.3 is 0 Å². The van der Waals surface area contributed by atoms with Gasteiger partial charge in [-0.15, -0.1) is 0 Å². The van der Waals surface area contributed by atoms with Crippen LogP contribution in [0.1, 0.15) is 158 Å². The third kappa shape index (κ3) is 24.4. The maximum absolute atomic E-state index is 2.35. The van der Waals surface area contributed by atoms with E-state index in [0.29, 0.717) is 0 Å². The summed E-state index contributed by atoms with van der Waals surface area (Å²) in [5, 5.41) is 0. The normalized spacial score (nSPS) is 11.3. The summed E-state index contributed by atoms with van der Waals surface area (Å²) < 4.78 is 0. The Kier molecular flexibility index (Phi) is 40.1. The van der Waals surface area contributed by atoms with Gasteiger partial charge in [-0.3, -0.25) is 0 Å². The molecule has 36 heavy (non-hydrogen) atoms. The van der Waals surface area contributed by atoms with Crippen molar-refractivity contribution in [3.8, 4) is 0 Å². The number of hydrogen-bond donors (Lipinski definition) is 0. The molecular weight excluding hydrogens is 420 g/mol. The van der Waals surface area contributed by atoms with Crippen molar-refractivity contribution >= 4 is 12.3 Å². The van der Waals surface area contributed by atoms with Crippen LogP contribution in [0.2, 0.25) is 50.6 Å². The second kappa shape index (κ2) is 32.5. The summed E-state index contributed by atoms with van der Waals surface area (Å²) in [7, 11) is 0. The Balaban J connectivity index is -0.000000269. The first-order valence-corrected chi connectivity index (χ1v) is 16.9. The SMILES string of the molecule is CCCC[B-](CCCC)(CCCC)CCCC.CCCC[B-](CCCC)(CCCC)CCCC.[Li+].[Li+]. The third-order valence-electron chi connectivity index (χ3n) is 9.36. The van der Waals surface area contributed by atoms with Crippen LogP contribution in [-0.4, -0.2) is 12.3 Å². The van der Waals surface area contributed by atoms with Crippen molar-refractivity contribution in [3.63, 3.8) is 0 Å². The average molecular weight is 492 g/mol. The standard InChI is InChI=1S/2C16H36B.2Li/c2*1-5-9-13-17(14-10-6-2,15-11-7-3)16-12-8-4;;/h2*5-16H2,1-4H3;;/q2*-1;2*+1. The Hall–Kier alpha value is 1.32. The summed E-state index contributed by atoms with van der Waals surface area (Å²) in [6.07, 6.45) is 35.2. The Morgan fingerprint density at radius 1 is 0.250 bits per heavy atom. The summed E-state index contributed by atoms with van der Waals surface area (Å²) in [5.74, 6) is 0. The maximum atomic E-state index is 2.35. The Morgan fingerprint density at radius 2 is 0.361 bits per heavy atom. The van der Waals surface area contributed by atoms with Gasteiger partial charge in [0.2, 0.25) is 0 Å². The smallest absolute Gasteiger partial charge is 0.178 e. The molecule has 0 aromatic carbocycles. The van der Waals surface area contributed by atoms with E-state index in [1.54, 1.807) is 50.6 Å². The van der Waals surface area contributed by atoms with Gasteiger partial charge in [-0.05, 0) is 0 Å². The van der Waals surface area contributed by atoms with Gasteiger partial charge in [-0.2, -0.15) is 50.6 Å². The monoisotopic (exact) mass is 493 g/mol. The molecule has 0 aliphatic rings. The van der Waals surface area contributed by atoms with Gasteiger partial charge in [0.15, 0.2) is 0 Å². The summed E-state index contributed by atoms with van der Waals surface area (Å²) in [6.45, 7) is 18.8. The van der Waals surface area contributed by atoms with Gasteiger partial charge in [-0.1, -0.05) is 158 Å². The second-order valence-electron chi connectivity index (χ2n) is 12.6. The van der Waals surface area contributed by atoms with Gasteiger partial charge in [0.25, 0.3) is 0 Å². The predicted octanol–water partition coefficient (Wildman–Crippen LogP) is 7.28. The first-order valence-electron chi connectivity index (χ1n) is 16.9. The Morgan fingerprint density at radius 3 is 0.444 bits per heavy atom. The van der Waals surface area contributed by atoms with Crippen LogP contribution in [0, 0.1) is 0 Å². The van der Waals surface area contributed by atoms with Crippen molar-refractivity contribution in [2.75, 3.05) is 0 Å². The molecule has 4 heteroatoms. The minimum Gasteiger partial charge on any atom is -0.178 e. The van der Waals surface area contributed by atoms with Gasteiger partial charge >= 0.3 is 37.7 Å². The van der Waals surface area contributed by atoms with Crippen LogP contribution in [-0.2, 0) is 0 Å². The van der Waals surface area contributed by atoms with Crippen LogP contribution < -0.4 is 37.7 Å². The van der Waals surface area contributed by atoms with Crippen LogP contribution >= 0.6 is 0 Å². The molecule has 0 rings (SSSR count). The molecule has 0 atom stereocenters. The fourth-order valence-electron chi connectivity index (χ4n) is 6.83. The zero-order valence-corrected chi connectivity index (χ0v) is 28.1. The van der Waals surface area contributed by atoms with Crippen LogP contribution in [0.3, 0.4) is 0 Å². The molecule has 0 saturated carbocycles. The molecule has 0 saturated heterocycles. The topological polar surface area (TPSA) is 0 Å². The number of hydrogen-bond acceptors (Lipinski definition) is 0. The molecule has 0 heterocycles. The zero-order valence-electron chi connectivity index (χ0n) is 28.1. The van der Waals surface area contributed by atoms with E-state index >= 15 is 0 Å². The molecule has 0 radical (unpaired) electrons. The minimum absolute atomic E-state index is 0. The summed E-state index contributed by atoms with van der Waals surface area (Å²) >= 11 is 0. The molecule has 0 bridgehead atoms. The largest absolute Gasteiger partial charge is 1.00 e. The van der Waals surface area contributed by atoms with E-state index in [0.717, 1.165) is 0 Å². The fraction of sp³-hybridized carbons (Fsp3) is 1.00. The number of unbranched alkanes of at least 4 members (excludes halogenated alkanes) is 8. The summed E-state index contributed by atoms with van der Waals surface area (Å²) in [5.41, 5.74) is 0. The minimum atomic E-state index is -0.00722. The van der Waals surface area contributed by atoms with Gasteiger partial charge in [0.05, 0.1) is 0 Å². The molecule has 0 nitrogen and oxygen atoms in total. The maximum Gasteiger partial charge on any atom is 1.00 e. The van der Waals surface area contributed by atoms with Crippen molar-refractivity contribution in [1.82, 2.24) is 0 Å². The van der Waals surface area contributed by atoms with Crippen molar-refractivity contribution in [2.45, 2.75) is 209 Å². The van der Waals surface area contributed by atoms with E-state index in [4.69, 9.17) is 0 Å². The Bertz CT molecular complexity index is 279. The van der Waals surface area contributed by atoms with Crippen LogP contribution in [0.4, 0.5) is 0 Å².